The van der Waals surface area contributed by atoms with Crippen molar-refractivity contribution in [3.05, 3.63) is 41.7 Å². The predicted molar refractivity (Wildman–Crippen MR) is 127 cm³/mol. The Morgan fingerprint density at radius 2 is 1.77 bits per heavy atom. The molecule has 3 rings (SSSR count). The van der Waals surface area contributed by atoms with Crippen LogP contribution < -0.4 is 10.5 Å². The smallest absolute Gasteiger partial charge is 0.410 e. The van der Waals surface area contributed by atoms with Gasteiger partial charge in [-0.05, 0) is 57.9 Å². The average Bonchev–Trinajstić information content (AvgIpc) is 3.14. The fourth-order valence-electron chi connectivity index (χ4n) is 3.70. The van der Waals surface area contributed by atoms with Gasteiger partial charge < -0.3 is 24.7 Å². The number of nitriles is 1. The Morgan fingerprint density at radius 1 is 1.17 bits per heavy atom. The Kier molecular flexibility index (Phi) is 7.42. The molecule has 1 saturated heterocycles. The molecule has 2 aromatic rings. The molecule has 0 bridgehead atoms. The van der Waals surface area contributed by atoms with Gasteiger partial charge in [-0.1, -0.05) is 0 Å². The highest BCUT2D eigenvalue weighted by molar-refractivity contribution is 7.89. The van der Waals surface area contributed by atoms with E-state index in [0.717, 1.165) is 0 Å². The molecule has 1 aliphatic rings. The van der Waals surface area contributed by atoms with Crippen LogP contribution in [0.4, 0.5) is 10.5 Å². The number of likely N-dealkylation sites (tertiary alicyclic amines) is 1. The summed E-state index contributed by atoms with van der Waals surface area (Å²) >= 11 is 0. The molecule has 1 aliphatic heterocycles. The van der Waals surface area contributed by atoms with E-state index in [1.54, 1.807) is 25.7 Å². The fraction of sp³-hybridized carbons (Fsp3) is 0.435. The number of sulfonamides is 1. The van der Waals surface area contributed by atoms with Crippen LogP contribution in [0.15, 0.2) is 35.4 Å². The number of anilines is 1. The molecule has 0 aliphatic carbocycles. The number of benzene rings is 1. The van der Waals surface area contributed by atoms with E-state index in [9.17, 15) is 23.3 Å². The summed E-state index contributed by atoms with van der Waals surface area (Å²) in [6.07, 6.45) is 1.89. The number of hydrogen-bond acceptors (Lipinski definition) is 8. The second kappa shape index (κ2) is 9.97. The van der Waals surface area contributed by atoms with Crippen LogP contribution in [0.5, 0.6) is 0 Å². The van der Waals surface area contributed by atoms with Crippen LogP contribution in [0.1, 0.15) is 49.7 Å². The fourth-order valence-corrected chi connectivity index (χ4v) is 5.00. The lowest BCUT2D eigenvalue weighted by molar-refractivity contribution is 0.0203. The number of aromatic nitrogens is 1. The molecule has 188 valence electrons. The number of carbonyl (C=O) groups is 2. The third-order valence-corrected chi connectivity index (χ3v) is 6.97. The lowest BCUT2D eigenvalue weighted by atomic mass is 10.1. The molecule has 11 nitrogen and oxygen atoms in total. The van der Waals surface area contributed by atoms with Crippen LogP contribution in [0, 0.1) is 11.3 Å². The Morgan fingerprint density at radius 3 is 2.29 bits per heavy atom. The number of rotatable bonds is 5. The van der Waals surface area contributed by atoms with E-state index in [4.69, 9.17) is 15.2 Å². The van der Waals surface area contributed by atoms with Gasteiger partial charge in [0.25, 0.3) is 0 Å². The maximum atomic E-state index is 12.9. The molecule has 35 heavy (non-hydrogen) atoms. The largest absolute Gasteiger partial charge is 0.464 e. The van der Waals surface area contributed by atoms with E-state index in [1.807, 2.05) is 6.07 Å². The van der Waals surface area contributed by atoms with Gasteiger partial charge in [0.15, 0.2) is 5.69 Å². The summed E-state index contributed by atoms with van der Waals surface area (Å²) in [6.45, 7) is 6.14. The number of nitrogen functional groups attached to an aromatic ring is 1. The van der Waals surface area contributed by atoms with E-state index >= 15 is 0 Å². The van der Waals surface area contributed by atoms with Crippen LogP contribution in [0.2, 0.25) is 0 Å². The number of methoxy groups -OCH3 is 1. The third kappa shape index (κ3) is 5.93. The number of amides is 1. The number of nitrogens with two attached hydrogens (primary N) is 1. The average molecular weight is 504 g/mol. The van der Waals surface area contributed by atoms with Gasteiger partial charge in [-0.25, -0.2) is 22.7 Å². The van der Waals surface area contributed by atoms with Crippen LogP contribution in [0.3, 0.4) is 0 Å². The number of ether oxygens (including phenoxy) is 2. The van der Waals surface area contributed by atoms with Crippen LogP contribution >= 0.6 is 0 Å². The zero-order valence-corrected chi connectivity index (χ0v) is 20.9. The van der Waals surface area contributed by atoms with Crippen molar-refractivity contribution in [3.8, 4) is 11.8 Å². The van der Waals surface area contributed by atoms with Crippen LogP contribution in [-0.4, -0.2) is 61.8 Å². The molecule has 0 saturated carbocycles. The van der Waals surface area contributed by atoms with E-state index in [-0.39, 0.29) is 27.9 Å². The molecule has 12 heteroatoms. The van der Waals surface area contributed by atoms with Crippen molar-refractivity contribution in [1.82, 2.24) is 14.2 Å². The molecule has 1 aromatic heterocycles. The molecule has 2 heterocycles. The van der Waals surface area contributed by atoms with Crippen molar-refractivity contribution in [3.63, 3.8) is 0 Å². The first-order valence-corrected chi connectivity index (χ1v) is 12.4. The molecule has 0 spiro atoms. The maximum Gasteiger partial charge on any atom is 0.410 e. The van der Waals surface area contributed by atoms with Gasteiger partial charge in [0.05, 0.1) is 23.3 Å². The molecular formula is C23H29N5O6S. The van der Waals surface area contributed by atoms with Crippen molar-refractivity contribution >= 4 is 27.8 Å². The minimum atomic E-state index is -3.83. The molecule has 0 unspecified atom stereocenters. The lowest BCUT2D eigenvalue weighted by Gasteiger charge is -2.33. The van der Waals surface area contributed by atoms with Gasteiger partial charge >= 0.3 is 12.1 Å². The minimum absolute atomic E-state index is 0.0181. The third-order valence-electron chi connectivity index (χ3n) is 5.44. The second-order valence-electron chi connectivity index (χ2n) is 9.14. The van der Waals surface area contributed by atoms with Gasteiger partial charge in [0, 0.05) is 31.0 Å². The molecular weight excluding hydrogens is 474 g/mol. The van der Waals surface area contributed by atoms with E-state index in [0.29, 0.717) is 31.6 Å². The van der Waals surface area contributed by atoms with E-state index in [1.165, 1.54) is 42.1 Å². The molecule has 0 atom stereocenters. The monoisotopic (exact) mass is 503 g/mol. The number of nitrogens with zero attached hydrogens (tertiary/aromatic N) is 3. The van der Waals surface area contributed by atoms with Crippen molar-refractivity contribution in [1.29, 1.82) is 5.26 Å². The molecule has 1 amide bonds. The van der Waals surface area contributed by atoms with Gasteiger partial charge in [-0.3, -0.25) is 0 Å². The Hall–Kier alpha value is -3.56. The first-order valence-electron chi connectivity index (χ1n) is 11.0. The SMILES string of the molecule is COC(=O)c1c(N)c(C#N)cn1-c1ccc(S(=O)(=O)NC2CCN(C(=O)OC(C)(C)C)CC2)cc1. The topological polar surface area (TPSA) is 157 Å². The molecule has 1 aromatic carbocycles. The van der Waals surface area contributed by atoms with E-state index < -0.39 is 27.7 Å². The Balaban J connectivity index is 1.71. The zero-order valence-electron chi connectivity index (χ0n) is 20.1. The number of piperidine rings is 1. The summed E-state index contributed by atoms with van der Waals surface area (Å²) in [7, 11) is -2.63. The summed E-state index contributed by atoms with van der Waals surface area (Å²) in [4.78, 5) is 26.0. The normalized spacial score (nSPS) is 14.9. The second-order valence-corrected chi connectivity index (χ2v) is 10.8. The number of esters is 1. The Bertz CT molecular complexity index is 1250. The van der Waals surface area contributed by atoms with Crippen molar-refractivity contribution in [2.45, 2.75) is 50.2 Å². The maximum absolute atomic E-state index is 12.9. The highest BCUT2D eigenvalue weighted by atomic mass is 32.2. The predicted octanol–water partition coefficient (Wildman–Crippen LogP) is 2.40. The number of hydrogen-bond donors (Lipinski definition) is 2. The first-order chi connectivity index (χ1) is 16.4. The molecule has 0 radical (unpaired) electrons. The highest BCUT2D eigenvalue weighted by Gasteiger charge is 2.29. The Labute approximate surface area is 204 Å². The van der Waals surface area contributed by atoms with Gasteiger partial charge in [-0.15, -0.1) is 0 Å². The summed E-state index contributed by atoms with van der Waals surface area (Å²) in [5.41, 5.74) is 5.81. The highest BCUT2D eigenvalue weighted by Crippen LogP contribution is 2.26. The van der Waals surface area contributed by atoms with Crippen molar-refractivity contribution in [2.24, 2.45) is 0 Å². The summed E-state index contributed by atoms with van der Waals surface area (Å²) < 4.78 is 40.0. The van der Waals surface area contributed by atoms with Crippen molar-refractivity contribution < 1.29 is 27.5 Å². The lowest BCUT2D eigenvalue weighted by Crippen LogP contribution is -2.47. The van der Waals surface area contributed by atoms with Gasteiger partial charge in [-0.2, -0.15) is 5.26 Å². The molecule has 1 fully saturated rings. The first kappa shape index (κ1) is 26.1. The molecule has 3 N–H and O–H groups in total. The number of nitrogens with one attached hydrogen (secondary N) is 1. The van der Waals surface area contributed by atoms with E-state index in [2.05, 4.69) is 4.72 Å². The number of carbonyl (C=O) groups excluding carboxylic acids is 2. The quantitative estimate of drug-likeness (QED) is 0.589. The summed E-state index contributed by atoms with van der Waals surface area (Å²) in [6, 6.07) is 7.40. The van der Waals surface area contributed by atoms with Crippen LogP contribution in [0.25, 0.3) is 5.69 Å². The standard InChI is InChI=1S/C23H29N5O6S/c1-23(2,3)34-22(30)27-11-9-16(10-12-27)26-35(31,32)18-7-5-17(6-8-18)28-14-15(13-24)19(25)20(28)21(29)33-4/h5-8,14,16,26H,9-12,25H2,1-4H3. The van der Waals surface area contributed by atoms with Gasteiger partial charge in [0.2, 0.25) is 10.0 Å². The summed E-state index contributed by atoms with van der Waals surface area (Å²) in [5.74, 6) is -0.722. The van der Waals surface area contributed by atoms with Gasteiger partial charge in [0.1, 0.15) is 11.7 Å². The summed E-state index contributed by atoms with van der Waals surface area (Å²) in [5, 5.41) is 9.25. The van der Waals surface area contributed by atoms with Crippen LogP contribution in [-0.2, 0) is 19.5 Å². The minimum Gasteiger partial charge on any atom is -0.464 e. The zero-order chi connectivity index (χ0) is 26.0. The van der Waals surface area contributed by atoms with Crippen molar-refractivity contribution in [2.75, 3.05) is 25.9 Å².